The lowest BCUT2D eigenvalue weighted by Gasteiger charge is -2.25. The maximum atomic E-state index is 14.1. The molecule has 2 N–H and O–H groups in total. The van der Waals surface area contributed by atoms with Crippen LogP contribution in [0, 0.1) is 5.92 Å². The molecule has 0 aromatic heterocycles. The van der Waals surface area contributed by atoms with E-state index in [9.17, 15) is 9.18 Å². The average Bonchev–Trinajstić information content (AvgIpc) is 3.12. The van der Waals surface area contributed by atoms with Crippen molar-refractivity contribution >= 4 is 5.91 Å². The monoisotopic (exact) mass is 238 g/mol. The molecule has 0 radical (unpaired) electrons. The number of carbonyl (C=O) groups is 1. The van der Waals surface area contributed by atoms with E-state index in [-0.39, 0.29) is 11.8 Å². The number of halogens is 1. The number of hydrogen-bond acceptors (Lipinski definition) is 2. The summed E-state index contributed by atoms with van der Waals surface area (Å²) < 4.78 is 14.1. The normalized spacial score (nSPS) is 28.2. The fourth-order valence-electron chi connectivity index (χ4n) is 1.80. The number of carbonyl (C=O) groups excluding carboxylic acids is 1. The van der Waals surface area contributed by atoms with Crippen molar-refractivity contribution in [2.75, 3.05) is 0 Å². The van der Waals surface area contributed by atoms with E-state index in [0.717, 1.165) is 12.8 Å². The Morgan fingerprint density at radius 3 is 2.82 bits per heavy atom. The first-order valence-corrected chi connectivity index (χ1v) is 6.24. The van der Waals surface area contributed by atoms with Crippen molar-refractivity contribution < 1.29 is 9.18 Å². The fraction of sp³-hybridized carbons (Fsp3) is 0.615. The zero-order valence-electron chi connectivity index (χ0n) is 10.3. The predicted octanol–water partition coefficient (Wildman–Crippen LogP) is 2.02. The second kappa shape index (κ2) is 4.90. The third-order valence-corrected chi connectivity index (χ3v) is 3.13. The number of allylic oxidation sites excluding steroid dienone is 3. The molecular formula is C13H19FN2O. The second-order valence-electron chi connectivity index (χ2n) is 4.77. The van der Waals surface area contributed by atoms with Crippen LogP contribution in [0.1, 0.15) is 33.1 Å². The maximum absolute atomic E-state index is 14.1. The van der Waals surface area contributed by atoms with Gasteiger partial charge in [-0.2, -0.15) is 0 Å². The molecule has 1 amide bonds. The third kappa shape index (κ3) is 2.87. The molecule has 0 aromatic carbocycles. The van der Waals surface area contributed by atoms with Crippen LogP contribution in [-0.4, -0.2) is 18.1 Å². The van der Waals surface area contributed by atoms with Gasteiger partial charge < -0.3 is 10.6 Å². The summed E-state index contributed by atoms with van der Waals surface area (Å²) in [7, 11) is 0. The average molecular weight is 238 g/mol. The summed E-state index contributed by atoms with van der Waals surface area (Å²) in [4.78, 5) is 11.4. The summed E-state index contributed by atoms with van der Waals surface area (Å²) in [5.41, 5.74) is 1.14. The Kier molecular flexibility index (Phi) is 3.50. The predicted molar refractivity (Wildman–Crippen MR) is 64.8 cm³/mol. The highest BCUT2D eigenvalue weighted by Crippen LogP contribution is 2.28. The standard InChI is InChI=1S/C13H19FN2O/c1-3-11(17)16-10-7-4-8(2)12(14)13(10)15-9-5-6-9/h4,7-9,12,15H,3,5-6H2,1-2H3,(H,16,17). The van der Waals surface area contributed by atoms with Gasteiger partial charge in [-0.3, -0.25) is 4.79 Å². The number of alkyl halides is 1. The first kappa shape index (κ1) is 12.1. The van der Waals surface area contributed by atoms with E-state index < -0.39 is 6.17 Å². The molecule has 0 heterocycles. The van der Waals surface area contributed by atoms with Gasteiger partial charge in [0.15, 0.2) is 0 Å². The van der Waals surface area contributed by atoms with Gasteiger partial charge in [0.25, 0.3) is 0 Å². The van der Waals surface area contributed by atoms with E-state index in [2.05, 4.69) is 10.6 Å². The highest BCUT2D eigenvalue weighted by molar-refractivity contribution is 5.78. The smallest absolute Gasteiger partial charge is 0.224 e. The van der Waals surface area contributed by atoms with Crippen LogP contribution in [0.2, 0.25) is 0 Å². The van der Waals surface area contributed by atoms with Gasteiger partial charge in [0.2, 0.25) is 5.91 Å². The highest BCUT2D eigenvalue weighted by Gasteiger charge is 2.31. The van der Waals surface area contributed by atoms with Crippen molar-refractivity contribution in [2.45, 2.75) is 45.3 Å². The van der Waals surface area contributed by atoms with Crippen LogP contribution in [0.5, 0.6) is 0 Å². The minimum atomic E-state index is -1.05. The molecule has 2 unspecified atom stereocenters. The van der Waals surface area contributed by atoms with Crippen LogP contribution < -0.4 is 10.6 Å². The molecule has 17 heavy (non-hydrogen) atoms. The molecule has 1 fully saturated rings. The number of nitrogens with one attached hydrogen (secondary N) is 2. The molecule has 0 aromatic rings. The van der Waals surface area contributed by atoms with E-state index >= 15 is 0 Å². The molecule has 0 bridgehead atoms. The summed E-state index contributed by atoms with van der Waals surface area (Å²) in [5, 5.41) is 5.95. The Balaban J connectivity index is 2.16. The van der Waals surface area contributed by atoms with Gasteiger partial charge in [-0.15, -0.1) is 0 Å². The SMILES string of the molecule is CCC(=O)NC1=C(NC2CC2)C(F)C(C)C=C1. The Hall–Kier alpha value is -1.32. The Morgan fingerprint density at radius 1 is 1.53 bits per heavy atom. The molecule has 0 spiro atoms. The minimum absolute atomic E-state index is 0.0819. The molecular weight excluding hydrogens is 219 g/mol. The van der Waals surface area contributed by atoms with Gasteiger partial charge in [-0.1, -0.05) is 19.9 Å². The van der Waals surface area contributed by atoms with Crippen LogP contribution >= 0.6 is 0 Å². The number of rotatable bonds is 4. The van der Waals surface area contributed by atoms with Crippen molar-refractivity contribution in [1.29, 1.82) is 0 Å². The molecule has 0 saturated heterocycles. The highest BCUT2D eigenvalue weighted by atomic mass is 19.1. The van der Waals surface area contributed by atoms with Gasteiger partial charge in [0.05, 0.1) is 11.4 Å². The maximum Gasteiger partial charge on any atom is 0.224 e. The van der Waals surface area contributed by atoms with Crippen molar-refractivity contribution in [1.82, 2.24) is 10.6 Å². The minimum Gasteiger partial charge on any atom is -0.382 e. The molecule has 3 nitrogen and oxygen atoms in total. The fourth-order valence-corrected chi connectivity index (χ4v) is 1.80. The number of hydrogen-bond donors (Lipinski definition) is 2. The molecule has 2 aliphatic rings. The van der Waals surface area contributed by atoms with Crippen LogP contribution in [0.3, 0.4) is 0 Å². The molecule has 2 rings (SSSR count). The van der Waals surface area contributed by atoms with Gasteiger partial charge in [-0.05, 0) is 18.9 Å². The molecule has 2 aliphatic carbocycles. The lowest BCUT2D eigenvalue weighted by molar-refractivity contribution is -0.120. The quantitative estimate of drug-likeness (QED) is 0.786. The Labute approximate surface area is 101 Å². The van der Waals surface area contributed by atoms with E-state index in [1.54, 1.807) is 19.1 Å². The van der Waals surface area contributed by atoms with Crippen molar-refractivity contribution in [3.63, 3.8) is 0 Å². The molecule has 2 atom stereocenters. The largest absolute Gasteiger partial charge is 0.382 e. The molecule has 0 aliphatic heterocycles. The van der Waals surface area contributed by atoms with E-state index in [1.807, 2.05) is 6.92 Å². The van der Waals surface area contributed by atoms with E-state index in [4.69, 9.17) is 0 Å². The summed E-state index contributed by atoms with van der Waals surface area (Å²) in [6, 6.07) is 0.385. The van der Waals surface area contributed by atoms with Crippen molar-refractivity contribution in [3.05, 3.63) is 23.5 Å². The lowest BCUT2D eigenvalue weighted by Crippen LogP contribution is -2.35. The lowest BCUT2D eigenvalue weighted by atomic mass is 9.96. The summed E-state index contributed by atoms with van der Waals surface area (Å²) >= 11 is 0. The number of amides is 1. The topological polar surface area (TPSA) is 41.1 Å². The van der Waals surface area contributed by atoms with Gasteiger partial charge >= 0.3 is 0 Å². The molecule has 94 valence electrons. The first-order chi connectivity index (χ1) is 8.11. The summed E-state index contributed by atoms with van der Waals surface area (Å²) in [5.74, 6) is -0.222. The zero-order chi connectivity index (χ0) is 12.4. The summed E-state index contributed by atoms with van der Waals surface area (Å²) in [6.45, 7) is 3.63. The summed E-state index contributed by atoms with van der Waals surface area (Å²) in [6.07, 6.45) is 5.13. The van der Waals surface area contributed by atoms with Crippen LogP contribution in [0.25, 0.3) is 0 Å². The first-order valence-electron chi connectivity index (χ1n) is 6.24. The van der Waals surface area contributed by atoms with Crippen LogP contribution in [-0.2, 0) is 4.79 Å². The Morgan fingerprint density at radius 2 is 2.24 bits per heavy atom. The second-order valence-corrected chi connectivity index (χ2v) is 4.77. The Bertz CT molecular complexity index is 372. The van der Waals surface area contributed by atoms with Gasteiger partial charge in [0.1, 0.15) is 6.17 Å². The van der Waals surface area contributed by atoms with Crippen LogP contribution in [0.15, 0.2) is 23.5 Å². The molecule has 1 saturated carbocycles. The van der Waals surface area contributed by atoms with Crippen molar-refractivity contribution in [3.8, 4) is 0 Å². The van der Waals surface area contributed by atoms with Gasteiger partial charge in [-0.25, -0.2) is 4.39 Å². The third-order valence-electron chi connectivity index (χ3n) is 3.13. The molecule has 4 heteroatoms. The zero-order valence-corrected chi connectivity index (χ0v) is 10.3. The van der Waals surface area contributed by atoms with Crippen LogP contribution in [0.4, 0.5) is 4.39 Å². The van der Waals surface area contributed by atoms with Gasteiger partial charge in [0, 0.05) is 18.4 Å². The van der Waals surface area contributed by atoms with E-state index in [0.29, 0.717) is 23.9 Å². The van der Waals surface area contributed by atoms with Crippen molar-refractivity contribution in [2.24, 2.45) is 5.92 Å². The van der Waals surface area contributed by atoms with E-state index in [1.165, 1.54) is 0 Å².